The molecule has 2 rings (SSSR count). The standard InChI is InChI=1S/C12H15ClN2O/c1-12(5-2-3-6-12)15-11(16)9-4-7-14-8-10(9)13/h4,7-8H,2-3,5-6H2,1H3,(H,15,16). The number of aromatic nitrogens is 1. The predicted octanol–water partition coefficient (Wildman–Crippen LogP) is 2.80. The van der Waals surface area contributed by atoms with Crippen LogP contribution >= 0.6 is 11.6 Å². The first-order valence-electron chi connectivity index (χ1n) is 5.53. The number of nitrogens with zero attached hydrogens (tertiary/aromatic N) is 1. The molecule has 1 aromatic rings. The maximum atomic E-state index is 12.0. The second-order valence-electron chi connectivity index (χ2n) is 4.58. The molecule has 1 aromatic heterocycles. The summed E-state index contributed by atoms with van der Waals surface area (Å²) in [5.41, 5.74) is 0.439. The van der Waals surface area contributed by atoms with E-state index in [9.17, 15) is 4.79 Å². The zero-order chi connectivity index (χ0) is 11.6. The van der Waals surface area contributed by atoms with Gasteiger partial charge in [0, 0.05) is 17.9 Å². The van der Waals surface area contributed by atoms with Gasteiger partial charge >= 0.3 is 0 Å². The highest BCUT2D eigenvalue weighted by atomic mass is 35.5. The molecule has 1 amide bonds. The van der Waals surface area contributed by atoms with Gasteiger partial charge in [-0.25, -0.2) is 0 Å². The fourth-order valence-electron chi connectivity index (χ4n) is 2.18. The number of nitrogens with one attached hydrogen (secondary N) is 1. The van der Waals surface area contributed by atoms with Crippen LogP contribution in [0, 0.1) is 0 Å². The molecule has 16 heavy (non-hydrogen) atoms. The third-order valence-electron chi connectivity index (χ3n) is 3.14. The number of carbonyl (C=O) groups is 1. The Morgan fingerprint density at radius 2 is 2.19 bits per heavy atom. The van der Waals surface area contributed by atoms with Crippen LogP contribution in [-0.4, -0.2) is 16.4 Å². The van der Waals surface area contributed by atoms with Crippen LogP contribution in [0.5, 0.6) is 0 Å². The van der Waals surface area contributed by atoms with Crippen LogP contribution in [0.2, 0.25) is 5.02 Å². The number of hydrogen-bond donors (Lipinski definition) is 1. The number of amides is 1. The average molecular weight is 239 g/mol. The van der Waals surface area contributed by atoms with Crippen molar-refractivity contribution in [2.24, 2.45) is 0 Å². The smallest absolute Gasteiger partial charge is 0.253 e. The summed E-state index contributed by atoms with van der Waals surface area (Å²) >= 11 is 5.93. The molecule has 1 heterocycles. The van der Waals surface area contributed by atoms with Crippen LogP contribution in [0.4, 0.5) is 0 Å². The first-order chi connectivity index (χ1) is 7.61. The van der Waals surface area contributed by atoms with Crippen LogP contribution < -0.4 is 5.32 Å². The maximum absolute atomic E-state index is 12.0. The van der Waals surface area contributed by atoms with Crippen molar-refractivity contribution >= 4 is 17.5 Å². The van der Waals surface area contributed by atoms with Gasteiger partial charge in [-0.05, 0) is 25.8 Å². The highest BCUT2D eigenvalue weighted by molar-refractivity contribution is 6.33. The van der Waals surface area contributed by atoms with E-state index in [2.05, 4.69) is 17.2 Å². The summed E-state index contributed by atoms with van der Waals surface area (Å²) < 4.78 is 0. The lowest BCUT2D eigenvalue weighted by atomic mass is 10.0. The summed E-state index contributed by atoms with van der Waals surface area (Å²) in [6.07, 6.45) is 7.52. The van der Waals surface area contributed by atoms with Crippen molar-refractivity contribution in [2.45, 2.75) is 38.1 Å². The molecule has 0 spiro atoms. The maximum Gasteiger partial charge on any atom is 0.253 e. The number of carbonyl (C=O) groups excluding carboxylic acids is 1. The molecule has 1 saturated carbocycles. The van der Waals surface area contributed by atoms with E-state index in [-0.39, 0.29) is 11.4 Å². The highest BCUT2D eigenvalue weighted by Crippen LogP contribution is 2.29. The molecule has 1 aliphatic carbocycles. The predicted molar refractivity (Wildman–Crippen MR) is 63.6 cm³/mol. The van der Waals surface area contributed by atoms with E-state index in [0.29, 0.717) is 10.6 Å². The van der Waals surface area contributed by atoms with E-state index >= 15 is 0 Å². The van der Waals surface area contributed by atoms with Gasteiger partial charge in [0.05, 0.1) is 10.6 Å². The molecule has 0 bridgehead atoms. The molecule has 0 saturated heterocycles. The minimum Gasteiger partial charge on any atom is -0.347 e. The summed E-state index contributed by atoms with van der Waals surface area (Å²) in [6, 6.07) is 1.65. The summed E-state index contributed by atoms with van der Waals surface area (Å²) in [4.78, 5) is 15.9. The Hall–Kier alpha value is -1.09. The monoisotopic (exact) mass is 238 g/mol. The minimum atomic E-state index is -0.100. The van der Waals surface area contributed by atoms with Gasteiger partial charge in [0.2, 0.25) is 0 Å². The van der Waals surface area contributed by atoms with Crippen molar-refractivity contribution in [3.63, 3.8) is 0 Å². The van der Waals surface area contributed by atoms with Crippen LogP contribution in [0.25, 0.3) is 0 Å². The van der Waals surface area contributed by atoms with Crippen molar-refractivity contribution in [3.05, 3.63) is 29.0 Å². The van der Waals surface area contributed by atoms with Gasteiger partial charge in [0.25, 0.3) is 5.91 Å². The minimum absolute atomic E-state index is 0.0658. The van der Waals surface area contributed by atoms with E-state index in [1.807, 2.05) is 0 Å². The molecule has 0 radical (unpaired) electrons. The fraction of sp³-hybridized carbons (Fsp3) is 0.500. The van der Waals surface area contributed by atoms with E-state index < -0.39 is 0 Å². The number of halogens is 1. The van der Waals surface area contributed by atoms with Crippen molar-refractivity contribution in [3.8, 4) is 0 Å². The Morgan fingerprint density at radius 3 is 2.81 bits per heavy atom. The summed E-state index contributed by atoms with van der Waals surface area (Å²) in [5.74, 6) is -0.100. The van der Waals surface area contributed by atoms with Crippen molar-refractivity contribution in [2.75, 3.05) is 0 Å². The third kappa shape index (κ3) is 2.35. The van der Waals surface area contributed by atoms with Crippen LogP contribution in [-0.2, 0) is 0 Å². The van der Waals surface area contributed by atoms with Crippen LogP contribution in [0.15, 0.2) is 18.5 Å². The second-order valence-corrected chi connectivity index (χ2v) is 4.98. The van der Waals surface area contributed by atoms with Gasteiger partial charge in [0.1, 0.15) is 0 Å². The lowest BCUT2D eigenvalue weighted by molar-refractivity contribution is 0.0908. The summed E-state index contributed by atoms with van der Waals surface area (Å²) in [6.45, 7) is 2.09. The lowest BCUT2D eigenvalue weighted by Gasteiger charge is -2.25. The quantitative estimate of drug-likeness (QED) is 0.861. The molecule has 1 N–H and O–H groups in total. The molecular formula is C12H15ClN2O. The van der Waals surface area contributed by atoms with Crippen molar-refractivity contribution in [1.82, 2.24) is 10.3 Å². The first kappa shape index (κ1) is 11.4. The average Bonchev–Trinajstić information content (AvgIpc) is 2.65. The highest BCUT2D eigenvalue weighted by Gasteiger charge is 2.30. The largest absolute Gasteiger partial charge is 0.347 e. The second kappa shape index (κ2) is 4.42. The molecule has 1 fully saturated rings. The van der Waals surface area contributed by atoms with Gasteiger partial charge < -0.3 is 5.32 Å². The molecule has 0 aliphatic heterocycles. The Kier molecular flexibility index (Phi) is 3.15. The van der Waals surface area contributed by atoms with Crippen molar-refractivity contribution < 1.29 is 4.79 Å². The van der Waals surface area contributed by atoms with Crippen LogP contribution in [0.3, 0.4) is 0 Å². The van der Waals surface area contributed by atoms with E-state index in [0.717, 1.165) is 12.8 Å². The van der Waals surface area contributed by atoms with E-state index in [1.54, 1.807) is 12.3 Å². The Balaban J connectivity index is 2.11. The zero-order valence-corrected chi connectivity index (χ0v) is 10.0. The molecule has 0 aromatic carbocycles. The van der Waals surface area contributed by atoms with Gasteiger partial charge in [-0.15, -0.1) is 0 Å². The SMILES string of the molecule is CC1(NC(=O)c2ccncc2Cl)CCCC1. The third-order valence-corrected chi connectivity index (χ3v) is 3.44. The molecular weight excluding hydrogens is 224 g/mol. The molecule has 3 nitrogen and oxygen atoms in total. The topological polar surface area (TPSA) is 42.0 Å². The van der Waals surface area contributed by atoms with Gasteiger partial charge in [0.15, 0.2) is 0 Å². The number of hydrogen-bond acceptors (Lipinski definition) is 2. The normalized spacial score (nSPS) is 18.4. The number of rotatable bonds is 2. The Morgan fingerprint density at radius 1 is 1.50 bits per heavy atom. The van der Waals surface area contributed by atoms with E-state index in [4.69, 9.17) is 11.6 Å². The molecule has 4 heteroatoms. The van der Waals surface area contributed by atoms with Crippen molar-refractivity contribution in [1.29, 1.82) is 0 Å². The molecule has 0 unspecified atom stereocenters. The lowest BCUT2D eigenvalue weighted by Crippen LogP contribution is -2.43. The molecule has 86 valence electrons. The molecule has 0 atom stereocenters. The van der Waals surface area contributed by atoms with Gasteiger partial charge in [-0.1, -0.05) is 24.4 Å². The Labute approximate surface area is 100 Å². The first-order valence-corrected chi connectivity index (χ1v) is 5.91. The number of pyridine rings is 1. The summed E-state index contributed by atoms with van der Waals surface area (Å²) in [7, 11) is 0. The Bertz CT molecular complexity index is 400. The van der Waals surface area contributed by atoms with Gasteiger partial charge in [-0.2, -0.15) is 0 Å². The van der Waals surface area contributed by atoms with E-state index in [1.165, 1.54) is 19.0 Å². The zero-order valence-electron chi connectivity index (χ0n) is 9.29. The fourth-order valence-corrected chi connectivity index (χ4v) is 2.39. The van der Waals surface area contributed by atoms with Gasteiger partial charge in [-0.3, -0.25) is 9.78 Å². The summed E-state index contributed by atoms with van der Waals surface area (Å²) in [5, 5.41) is 3.47. The molecule has 1 aliphatic rings. The van der Waals surface area contributed by atoms with Crippen LogP contribution in [0.1, 0.15) is 43.0 Å².